The second kappa shape index (κ2) is 7.38. The molecule has 118 valence electrons. The predicted molar refractivity (Wildman–Crippen MR) is 81.0 cm³/mol. The second-order valence-corrected chi connectivity index (χ2v) is 6.31. The van der Waals surface area contributed by atoms with Crippen molar-refractivity contribution in [1.29, 1.82) is 0 Å². The van der Waals surface area contributed by atoms with E-state index >= 15 is 0 Å². The molecule has 5 nitrogen and oxygen atoms in total. The normalized spacial score (nSPS) is 24.7. The van der Waals surface area contributed by atoms with Crippen molar-refractivity contribution < 1.29 is 9.47 Å². The van der Waals surface area contributed by atoms with E-state index in [1.165, 1.54) is 25.1 Å². The molecule has 5 heteroatoms. The Hall–Kier alpha value is -0.910. The first-order chi connectivity index (χ1) is 10.3. The number of imidazole rings is 1. The van der Waals surface area contributed by atoms with Crippen LogP contribution in [-0.2, 0) is 22.6 Å². The first-order valence-electron chi connectivity index (χ1n) is 8.22. The number of nitrogens with zero attached hydrogens (tertiary/aromatic N) is 3. The number of fused-ring (bicyclic) bond motifs is 1. The van der Waals surface area contributed by atoms with Crippen LogP contribution in [0.25, 0.3) is 0 Å². The SMILES string of the molecule is CCOC[C@@H]1CN(CC2CCOCC2)Cc2cncn2C1. The van der Waals surface area contributed by atoms with Gasteiger partial charge < -0.3 is 14.0 Å². The first kappa shape index (κ1) is 15.0. The monoisotopic (exact) mass is 293 g/mol. The molecule has 0 aliphatic carbocycles. The standard InChI is InChI=1S/C16H27N3O2/c1-2-20-12-15-9-18(8-14-3-5-21-6-4-14)11-16-7-17-13-19(16)10-15/h7,13-15H,2-6,8-12H2,1H3/t15-/m1/s1. The van der Waals surface area contributed by atoms with Crippen LogP contribution in [0.1, 0.15) is 25.5 Å². The minimum Gasteiger partial charge on any atom is -0.381 e. The predicted octanol–water partition coefficient (Wildman–Crippen LogP) is 1.78. The summed E-state index contributed by atoms with van der Waals surface area (Å²) in [5.41, 5.74) is 1.33. The molecule has 21 heavy (non-hydrogen) atoms. The van der Waals surface area contributed by atoms with Crippen molar-refractivity contribution in [3.63, 3.8) is 0 Å². The summed E-state index contributed by atoms with van der Waals surface area (Å²) in [6.07, 6.45) is 6.38. The van der Waals surface area contributed by atoms with Crippen LogP contribution in [0.4, 0.5) is 0 Å². The maximum Gasteiger partial charge on any atom is 0.0948 e. The van der Waals surface area contributed by atoms with Crippen LogP contribution in [0, 0.1) is 11.8 Å². The maximum absolute atomic E-state index is 5.68. The number of rotatable bonds is 5. The zero-order chi connectivity index (χ0) is 14.5. The Bertz CT molecular complexity index is 429. The van der Waals surface area contributed by atoms with Crippen molar-refractivity contribution in [2.24, 2.45) is 11.8 Å². The molecule has 3 rings (SSSR count). The third kappa shape index (κ3) is 4.05. The molecular formula is C16H27N3O2. The van der Waals surface area contributed by atoms with Crippen LogP contribution in [0.3, 0.4) is 0 Å². The van der Waals surface area contributed by atoms with Crippen LogP contribution >= 0.6 is 0 Å². The lowest BCUT2D eigenvalue weighted by atomic mass is 9.99. The van der Waals surface area contributed by atoms with Crippen molar-refractivity contribution >= 4 is 0 Å². The van der Waals surface area contributed by atoms with E-state index in [0.717, 1.165) is 52.0 Å². The fourth-order valence-electron chi connectivity index (χ4n) is 3.46. The minimum absolute atomic E-state index is 0.556. The maximum atomic E-state index is 5.68. The third-order valence-corrected chi connectivity index (χ3v) is 4.57. The van der Waals surface area contributed by atoms with Crippen molar-refractivity contribution in [2.75, 3.05) is 39.5 Å². The zero-order valence-electron chi connectivity index (χ0n) is 13.0. The Balaban J connectivity index is 1.64. The van der Waals surface area contributed by atoms with E-state index in [0.29, 0.717) is 5.92 Å². The minimum atomic E-state index is 0.556. The van der Waals surface area contributed by atoms with Gasteiger partial charge in [-0.05, 0) is 25.7 Å². The van der Waals surface area contributed by atoms with Crippen LogP contribution < -0.4 is 0 Å². The molecular weight excluding hydrogens is 266 g/mol. The van der Waals surface area contributed by atoms with Crippen molar-refractivity contribution in [1.82, 2.24) is 14.5 Å². The van der Waals surface area contributed by atoms with Gasteiger partial charge in [0.15, 0.2) is 0 Å². The van der Waals surface area contributed by atoms with E-state index in [2.05, 4.69) is 21.4 Å². The van der Waals surface area contributed by atoms with Gasteiger partial charge in [-0.1, -0.05) is 0 Å². The summed E-state index contributed by atoms with van der Waals surface area (Å²) < 4.78 is 13.5. The van der Waals surface area contributed by atoms with E-state index in [4.69, 9.17) is 9.47 Å². The first-order valence-corrected chi connectivity index (χ1v) is 8.22. The van der Waals surface area contributed by atoms with Gasteiger partial charge in [-0.2, -0.15) is 0 Å². The molecule has 0 spiro atoms. The Kier molecular flexibility index (Phi) is 5.27. The second-order valence-electron chi connectivity index (χ2n) is 6.31. The summed E-state index contributed by atoms with van der Waals surface area (Å²) in [6, 6.07) is 0. The van der Waals surface area contributed by atoms with Crippen molar-refractivity contribution in [3.05, 3.63) is 18.2 Å². The zero-order valence-corrected chi connectivity index (χ0v) is 13.0. The van der Waals surface area contributed by atoms with Crippen molar-refractivity contribution in [3.8, 4) is 0 Å². The molecule has 1 aromatic rings. The number of ether oxygens (including phenoxy) is 2. The lowest BCUT2D eigenvalue weighted by molar-refractivity contribution is 0.0428. The average molecular weight is 293 g/mol. The summed E-state index contributed by atoms with van der Waals surface area (Å²) in [5.74, 6) is 1.33. The topological polar surface area (TPSA) is 39.5 Å². The molecule has 0 radical (unpaired) electrons. The highest BCUT2D eigenvalue weighted by Crippen LogP contribution is 2.21. The Morgan fingerprint density at radius 2 is 2.14 bits per heavy atom. The molecule has 0 N–H and O–H groups in total. The third-order valence-electron chi connectivity index (χ3n) is 4.57. The fourth-order valence-corrected chi connectivity index (χ4v) is 3.46. The van der Waals surface area contributed by atoms with Gasteiger partial charge in [-0.25, -0.2) is 4.98 Å². The van der Waals surface area contributed by atoms with Gasteiger partial charge in [0.2, 0.25) is 0 Å². The number of hydrogen-bond acceptors (Lipinski definition) is 4. The van der Waals surface area contributed by atoms with E-state index < -0.39 is 0 Å². The molecule has 1 aromatic heterocycles. The summed E-state index contributed by atoms with van der Waals surface area (Å²) in [7, 11) is 0. The number of hydrogen-bond donors (Lipinski definition) is 0. The Morgan fingerprint density at radius 3 is 2.95 bits per heavy atom. The summed E-state index contributed by atoms with van der Waals surface area (Å²) in [6.45, 7) is 9.91. The van der Waals surface area contributed by atoms with E-state index in [-0.39, 0.29) is 0 Å². The lowest BCUT2D eigenvalue weighted by Crippen LogP contribution is -2.35. The summed E-state index contributed by atoms with van der Waals surface area (Å²) in [5, 5.41) is 0. The smallest absolute Gasteiger partial charge is 0.0948 e. The Morgan fingerprint density at radius 1 is 1.29 bits per heavy atom. The van der Waals surface area contributed by atoms with E-state index in [9.17, 15) is 0 Å². The summed E-state index contributed by atoms with van der Waals surface area (Å²) >= 11 is 0. The molecule has 0 unspecified atom stereocenters. The molecule has 0 saturated carbocycles. The van der Waals surface area contributed by atoms with Gasteiger partial charge in [0.05, 0.1) is 18.6 Å². The largest absolute Gasteiger partial charge is 0.381 e. The van der Waals surface area contributed by atoms with Gasteiger partial charge >= 0.3 is 0 Å². The van der Waals surface area contributed by atoms with Gasteiger partial charge in [0.1, 0.15) is 0 Å². The molecule has 1 atom stereocenters. The highest BCUT2D eigenvalue weighted by molar-refractivity contribution is 5.01. The van der Waals surface area contributed by atoms with Gasteiger partial charge in [0.25, 0.3) is 0 Å². The van der Waals surface area contributed by atoms with Crippen LogP contribution in [0.5, 0.6) is 0 Å². The molecule has 1 fully saturated rings. The van der Waals surface area contributed by atoms with E-state index in [1.807, 2.05) is 12.5 Å². The van der Waals surface area contributed by atoms with Gasteiger partial charge in [-0.3, -0.25) is 4.90 Å². The quantitative estimate of drug-likeness (QED) is 0.829. The highest BCUT2D eigenvalue weighted by atomic mass is 16.5. The number of aromatic nitrogens is 2. The molecule has 0 bridgehead atoms. The van der Waals surface area contributed by atoms with Crippen LogP contribution in [0.2, 0.25) is 0 Å². The van der Waals surface area contributed by atoms with Crippen LogP contribution in [0.15, 0.2) is 12.5 Å². The molecule has 0 amide bonds. The molecule has 0 aromatic carbocycles. The van der Waals surface area contributed by atoms with Crippen molar-refractivity contribution in [2.45, 2.75) is 32.9 Å². The lowest BCUT2D eigenvalue weighted by Gasteiger charge is -2.30. The van der Waals surface area contributed by atoms with E-state index in [1.54, 1.807) is 0 Å². The highest BCUT2D eigenvalue weighted by Gasteiger charge is 2.25. The molecule has 3 heterocycles. The average Bonchev–Trinajstić information content (AvgIpc) is 2.86. The Labute approximate surface area is 127 Å². The molecule has 2 aliphatic rings. The fraction of sp³-hybridized carbons (Fsp3) is 0.812. The van der Waals surface area contributed by atoms with Gasteiger partial charge in [0, 0.05) is 58.1 Å². The van der Waals surface area contributed by atoms with Crippen LogP contribution in [-0.4, -0.2) is 54.0 Å². The molecule has 2 aliphatic heterocycles. The van der Waals surface area contributed by atoms with Gasteiger partial charge in [-0.15, -0.1) is 0 Å². The summed E-state index contributed by atoms with van der Waals surface area (Å²) in [4.78, 5) is 6.91. The molecule has 1 saturated heterocycles.